The van der Waals surface area contributed by atoms with Gasteiger partial charge in [-0.1, -0.05) is 12.1 Å². The lowest BCUT2D eigenvalue weighted by molar-refractivity contribution is -0.137. The molecular formula is C21H17F3N2O2S. The summed E-state index contributed by atoms with van der Waals surface area (Å²) in [6, 6.07) is 12.4. The van der Waals surface area contributed by atoms with E-state index >= 15 is 0 Å². The Bertz CT molecular complexity index is 994. The molecule has 0 atom stereocenters. The van der Waals surface area contributed by atoms with Crippen LogP contribution in [0.3, 0.4) is 0 Å². The van der Waals surface area contributed by atoms with Crippen molar-refractivity contribution < 1.29 is 22.7 Å². The van der Waals surface area contributed by atoms with Gasteiger partial charge in [-0.2, -0.15) is 13.2 Å². The molecule has 29 heavy (non-hydrogen) atoms. The monoisotopic (exact) mass is 418 g/mol. The minimum atomic E-state index is -4.34. The third kappa shape index (κ3) is 4.95. The van der Waals surface area contributed by atoms with Crippen molar-refractivity contribution in [2.24, 2.45) is 0 Å². The Hall–Kier alpha value is -2.87. The van der Waals surface area contributed by atoms with Gasteiger partial charge in [-0.15, -0.1) is 11.3 Å². The maximum atomic E-state index is 12.6. The fraction of sp³-hybridized carbons (Fsp3) is 0.238. The highest BCUT2D eigenvalue weighted by Gasteiger charge is 2.30. The Balaban J connectivity index is 1.35. The molecular weight excluding hydrogens is 401 g/mol. The second-order valence-corrected chi connectivity index (χ2v) is 7.65. The molecule has 1 aliphatic rings. The zero-order valence-electron chi connectivity index (χ0n) is 15.2. The van der Waals surface area contributed by atoms with Crippen molar-refractivity contribution in [2.75, 3.05) is 0 Å². The maximum absolute atomic E-state index is 12.6. The molecule has 0 spiro atoms. The number of aromatic nitrogens is 1. The van der Waals surface area contributed by atoms with Crippen LogP contribution in [0.4, 0.5) is 13.2 Å². The van der Waals surface area contributed by atoms with Crippen LogP contribution in [0.2, 0.25) is 0 Å². The maximum Gasteiger partial charge on any atom is 0.416 e. The molecule has 2 aromatic carbocycles. The summed E-state index contributed by atoms with van der Waals surface area (Å²) in [5.41, 5.74) is 1.24. The van der Waals surface area contributed by atoms with Crippen molar-refractivity contribution in [2.45, 2.75) is 31.7 Å². The summed E-state index contributed by atoms with van der Waals surface area (Å²) in [7, 11) is 0. The second kappa shape index (κ2) is 7.87. The molecule has 8 heteroatoms. The van der Waals surface area contributed by atoms with Crippen molar-refractivity contribution in [3.05, 3.63) is 70.7 Å². The Kier molecular flexibility index (Phi) is 5.27. The van der Waals surface area contributed by atoms with Gasteiger partial charge in [0, 0.05) is 17.0 Å². The highest BCUT2D eigenvalue weighted by molar-refractivity contribution is 7.13. The fourth-order valence-corrected chi connectivity index (χ4v) is 3.45. The van der Waals surface area contributed by atoms with E-state index in [1.165, 1.54) is 23.5 Å². The predicted molar refractivity (Wildman–Crippen MR) is 104 cm³/mol. The van der Waals surface area contributed by atoms with Crippen molar-refractivity contribution >= 4 is 17.2 Å². The molecule has 4 nitrogen and oxygen atoms in total. The van der Waals surface area contributed by atoms with E-state index in [-0.39, 0.29) is 18.6 Å². The largest absolute Gasteiger partial charge is 0.489 e. The van der Waals surface area contributed by atoms with Crippen molar-refractivity contribution in [3.8, 4) is 16.3 Å². The number of alkyl halides is 3. The third-order valence-corrected chi connectivity index (χ3v) is 5.33. The number of nitrogens with zero attached hydrogens (tertiary/aromatic N) is 1. The second-order valence-electron chi connectivity index (χ2n) is 6.79. The third-order valence-electron chi connectivity index (χ3n) is 4.44. The summed E-state index contributed by atoms with van der Waals surface area (Å²) in [5.74, 6) is 0.448. The number of amides is 1. The van der Waals surface area contributed by atoms with Crippen LogP contribution >= 0.6 is 11.3 Å². The summed E-state index contributed by atoms with van der Waals surface area (Å²) in [6.45, 7) is 0.167. The minimum Gasteiger partial charge on any atom is -0.489 e. The first kappa shape index (κ1) is 19.4. The molecule has 150 valence electrons. The van der Waals surface area contributed by atoms with Gasteiger partial charge in [0.25, 0.3) is 5.91 Å². The number of hydrogen-bond acceptors (Lipinski definition) is 4. The normalized spacial score (nSPS) is 13.9. The van der Waals surface area contributed by atoms with E-state index < -0.39 is 11.7 Å². The fourth-order valence-electron chi connectivity index (χ4n) is 2.65. The summed E-state index contributed by atoms with van der Waals surface area (Å²) < 4.78 is 43.4. The van der Waals surface area contributed by atoms with Crippen LogP contribution in [0.5, 0.6) is 5.75 Å². The number of rotatable bonds is 6. The van der Waals surface area contributed by atoms with E-state index in [1.807, 2.05) is 12.1 Å². The van der Waals surface area contributed by atoms with Gasteiger partial charge >= 0.3 is 6.18 Å². The smallest absolute Gasteiger partial charge is 0.416 e. The van der Waals surface area contributed by atoms with Gasteiger partial charge in [-0.25, -0.2) is 4.98 Å². The van der Waals surface area contributed by atoms with Gasteiger partial charge < -0.3 is 10.1 Å². The van der Waals surface area contributed by atoms with Gasteiger partial charge in [0.15, 0.2) is 0 Å². The molecule has 1 saturated carbocycles. The molecule has 0 unspecified atom stereocenters. The molecule has 1 N–H and O–H groups in total. The standard InChI is InChI=1S/C21H17F3N2O2S/c22-21(23,24)15-5-1-13(2-6-15)11-28-17-9-3-14(4-10-17)20-26-18(12-29-20)19(27)25-16-7-8-16/h1-6,9-10,12,16H,7-8,11H2,(H,25,27). The number of thiazole rings is 1. The van der Waals surface area contributed by atoms with Crippen molar-refractivity contribution in [3.63, 3.8) is 0 Å². The summed E-state index contributed by atoms with van der Waals surface area (Å²) in [5, 5.41) is 5.39. The molecule has 1 aromatic heterocycles. The Labute approximate surface area is 169 Å². The van der Waals surface area contributed by atoms with Crippen LogP contribution in [0.15, 0.2) is 53.9 Å². The van der Waals surface area contributed by atoms with E-state index in [2.05, 4.69) is 10.3 Å². The van der Waals surface area contributed by atoms with Crippen LogP contribution in [-0.4, -0.2) is 16.9 Å². The highest BCUT2D eigenvalue weighted by Crippen LogP contribution is 2.30. The lowest BCUT2D eigenvalue weighted by Crippen LogP contribution is -2.25. The molecule has 0 bridgehead atoms. The Morgan fingerprint density at radius 3 is 2.41 bits per heavy atom. The highest BCUT2D eigenvalue weighted by atomic mass is 32.1. The molecule has 3 aromatic rings. The summed E-state index contributed by atoms with van der Waals surface area (Å²) in [6.07, 6.45) is -2.29. The number of benzene rings is 2. The predicted octanol–water partition coefficient (Wildman–Crippen LogP) is 5.30. The molecule has 1 heterocycles. The first-order valence-corrected chi connectivity index (χ1v) is 9.92. The quantitative estimate of drug-likeness (QED) is 0.591. The number of ether oxygens (including phenoxy) is 1. The Morgan fingerprint density at radius 2 is 1.79 bits per heavy atom. The SMILES string of the molecule is O=C(NC1CC1)c1csc(-c2ccc(OCc3ccc(C(F)(F)F)cc3)cc2)n1. The van der Waals surface area contributed by atoms with Crippen LogP contribution < -0.4 is 10.1 Å². The van der Waals surface area contributed by atoms with E-state index in [9.17, 15) is 18.0 Å². The van der Waals surface area contributed by atoms with Crippen LogP contribution in [0.25, 0.3) is 10.6 Å². The van der Waals surface area contributed by atoms with Gasteiger partial charge in [0.2, 0.25) is 0 Å². The number of carbonyl (C=O) groups excluding carboxylic acids is 1. The minimum absolute atomic E-state index is 0.147. The number of hydrogen-bond donors (Lipinski definition) is 1. The zero-order valence-corrected chi connectivity index (χ0v) is 16.0. The zero-order chi connectivity index (χ0) is 20.4. The number of carbonyl (C=O) groups is 1. The van der Waals surface area contributed by atoms with E-state index in [1.54, 1.807) is 17.5 Å². The average molecular weight is 418 g/mol. The van der Waals surface area contributed by atoms with Gasteiger partial charge in [0.1, 0.15) is 23.1 Å². The molecule has 0 aliphatic heterocycles. The molecule has 1 amide bonds. The molecule has 0 saturated heterocycles. The van der Waals surface area contributed by atoms with E-state index in [4.69, 9.17) is 4.74 Å². The summed E-state index contributed by atoms with van der Waals surface area (Å²) in [4.78, 5) is 16.4. The molecule has 1 aliphatic carbocycles. The van der Waals surface area contributed by atoms with Crippen LogP contribution in [0.1, 0.15) is 34.5 Å². The average Bonchev–Trinajstić information content (AvgIpc) is 3.38. The lowest BCUT2D eigenvalue weighted by Gasteiger charge is -2.09. The first-order valence-electron chi connectivity index (χ1n) is 9.04. The van der Waals surface area contributed by atoms with Gasteiger partial charge in [-0.3, -0.25) is 4.79 Å². The van der Waals surface area contributed by atoms with Crippen LogP contribution in [-0.2, 0) is 12.8 Å². The van der Waals surface area contributed by atoms with Gasteiger partial charge in [-0.05, 0) is 54.8 Å². The van der Waals surface area contributed by atoms with Crippen LogP contribution in [0, 0.1) is 0 Å². The van der Waals surface area contributed by atoms with Gasteiger partial charge in [0.05, 0.1) is 5.56 Å². The molecule has 1 fully saturated rings. The van der Waals surface area contributed by atoms with E-state index in [0.29, 0.717) is 17.0 Å². The topological polar surface area (TPSA) is 51.2 Å². The number of halogens is 3. The summed E-state index contributed by atoms with van der Waals surface area (Å²) >= 11 is 1.39. The van der Waals surface area contributed by atoms with Crippen molar-refractivity contribution in [1.82, 2.24) is 10.3 Å². The van der Waals surface area contributed by atoms with E-state index in [0.717, 1.165) is 35.5 Å². The first-order chi connectivity index (χ1) is 13.9. The Morgan fingerprint density at radius 1 is 1.10 bits per heavy atom. The molecule has 4 rings (SSSR count). The number of nitrogens with one attached hydrogen (secondary N) is 1. The van der Waals surface area contributed by atoms with Crippen molar-refractivity contribution in [1.29, 1.82) is 0 Å². The lowest BCUT2D eigenvalue weighted by atomic mass is 10.1. The molecule has 0 radical (unpaired) electrons.